The van der Waals surface area contributed by atoms with Crippen molar-refractivity contribution in [1.82, 2.24) is 4.57 Å². The summed E-state index contributed by atoms with van der Waals surface area (Å²) in [5, 5.41) is 0. The second-order valence-electron chi connectivity index (χ2n) is 4.86. The molecule has 1 aromatic heterocycles. The standard InChI is InChI=1S/C17H19NO4/c1-4-21-17(20)15-16(12(2)14(10-19)18(15)3)22-11-13-8-6-5-7-9-13/h5-10H,4,11H2,1-3H3. The largest absolute Gasteiger partial charge is 0.486 e. The Labute approximate surface area is 129 Å². The third-order valence-electron chi connectivity index (χ3n) is 3.44. The summed E-state index contributed by atoms with van der Waals surface area (Å²) in [4.78, 5) is 23.4. The number of hydrogen-bond acceptors (Lipinski definition) is 4. The lowest BCUT2D eigenvalue weighted by molar-refractivity contribution is 0.0509. The Morgan fingerprint density at radius 3 is 2.55 bits per heavy atom. The van der Waals surface area contributed by atoms with Gasteiger partial charge in [0.05, 0.1) is 12.3 Å². The first-order valence-corrected chi connectivity index (χ1v) is 7.08. The SMILES string of the molecule is CCOC(=O)c1c(OCc2ccccc2)c(C)c(C=O)n1C. The van der Waals surface area contributed by atoms with Crippen LogP contribution in [0, 0.1) is 6.92 Å². The van der Waals surface area contributed by atoms with Crippen LogP contribution in [-0.4, -0.2) is 23.4 Å². The highest BCUT2D eigenvalue weighted by Crippen LogP contribution is 2.30. The lowest BCUT2D eigenvalue weighted by Crippen LogP contribution is -2.12. The molecular weight excluding hydrogens is 282 g/mol. The fourth-order valence-electron chi connectivity index (χ4n) is 2.32. The fourth-order valence-corrected chi connectivity index (χ4v) is 2.32. The molecule has 1 aromatic carbocycles. The number of benzene rings is 1. The van der Waals surface area contributed by atoms with Crippen molar-refractivity contribution in [1.29, 1.82) is 0 Å². The highest BCUT2D eigenvalue weighted by atomic mass is 16.5. The monoisotopic (exact) mass is 301 g/mol. The number of aldehydes is 1. The normalized spacial score (nSPS) is 10.3. The van der Waals surface area contributed by atoms with Crippen LogP contribution in [0.3, 0.4) is 0 Å². The molecule has 0 aliphatic rings. The maximum absolute atomic E-state index is 12.1. The summed E-state index contributed by atoms with van der Waals surface area (Å²) < 4.78 is 12.4. The van der Waals surface area contributed by atoms with Crippen LogP contribution >= 0.6 is 0 Å². The second-order valence-corrected chi connectivity index (χ2v) is 4.86. The molecule has 0 aliphatic heterocycles. The number of rotatable bonds is 6. The van der Waals surface area contributed by atoms with E-state index in [0.717, 1.165) is 5.56 Å². The molecule has 5 nitrogen and oxygen atoms in total. The molecule has 0 radical (unpaired) electrons. The predicted molar refractivity (Wildman–Crippen MR) is 82.3 cm³/mol. The van der Waals surface area contributed by atoms with E-state index in [-0.39, 0.29) is 12.3 Å². The molecule has 0 spiro atoms. The van der Waals surface area contributed by atoms with Crippen LogP contribution in [0.15, 0.2) is 30.3 Å². The number of carbonyl (C=O) groups excluding carboxylic acids is 2. The van der Waals surface area contributed by atoms with E-state index in [1.165, 1.54) is 4.57 Å². The van der Waals surface area contributed by atoms with Gasteiger partial charge in [0.25, 0.3) is 0 Å². The van der Waals surface area contributed by atoms with Crippen molar-refractivity contribution in [3.63, 3.8) is 0 Å². The molecule has 5 heteroatoms. The van der Waals surface area contributed by atoms with Crippen molar-refractivity contribution in [3.8, 4) is 5.75 Å². The summed E-state index contributed by atoms with van der Waals surface area (Å²) in [6, 6.07) is 9.62. The number of nitrogens with zero attached hydrogens (tertiary/aromatic N) is 1. The van der Waals surface area contributed by atoms with Gasteiger partial charge in [0.15, 0.2) is 17.7 Å². The van der Waals surface area contributed by atoms with Gasteiger partial charge < -0.3 is 14.0 Å². The Balaban J connectivity index is 2.36. The Bertz CT molecular complexity index is 674. The van der Waals surface area contributed by atoms with Crippen LogP contribution in [0.1, 0.15) is 39.0 Å². The van der Waals surface area contributed by atoms with Crippen LogP contribution in [0.2, 0.25) is 0 Å². The second kappa shape index (κ2) is 6.93. The Morgan fingerprint density at radius 2 is 1.95 bits per heavy atom. The van der Waals surface area contributed by atoms with Crippen molar-refractivity contribution in [3.05, 3.63) is 52.8 Å². The third-order valence-corrected chi connectivity index (χ3v) is 3.44. The molecule has 22 heavy (non-hydrogen) atoms. The molecule has 0 saturated heterocycles. The zero-order valence-corrected chi connectivity index (χ0v) is 13.0. The summed E-state index contributed by atoms with van der Waals surface area (Å²) in [6.07, 6.45) is 0.716. The molecule has 116 valence electrons. The van der Waals surface area contributed by atoms with Crippen LogP contribution in [0.25, 0.3) is 0 Å². The predicted octanol–water partition coefficient (Wildman–Crippen LogP) is 2.90. The van der Waals surface area contributed by atoms with E-state index in [4.69, 9.17) is 9.47 Å². The van der Waals surface area contributed by atoms with Crippen molar-refractivity contribution >= 4 is 12.3 Å². The first-order chi connectivity index (χ1) is 10.6. The van der Waals surface area contributed by atoms with Crippen molar-refractivity contribution < 1.29 is 19.1 Å². The van der Waals surface area contributed by atoms with E-state index in [2.05, 4.69) is 0 Å². The fraction of sp³-hybridized carbons (Fsp3) is 0.294. The van der Waals surface area contributed by atoms with E-state index in [9.17, 15) is 9.59 Å². The minimum absolute atomic E-state index is 0.261. The molecule has 0 saturated carbocycles. The summed E-state index contributed by atoms with van der Waals surface area (Å²) in [7, 11) is 1.65. The number of esters is 1. The third kappa shape index (κ3) is 3.03. The molecule has 2 rings (SSSR count). The number of hydrogen-bond donors (Lipinski definition) is 0. The highest BCUT2D eigenvalue weighted by molar-refractivity contribution is 5.94. The molecule has 0 aliphatic carbocycles. The maximum atomic E-state index is 12.1. The molecule has 1 heterocycles. The van der Waals surface area contributed by atoms with Crippen molar-refractivity contribution in [2.24, 2.45) is 7.05 Å². The Kier molecular flexibility index (Phi) is 4.99. The van der Waals surface area contributed by atoms with Crippen molar-refractivity contribution in [2.45, 2.75) is 20.5 Å². The van der Waals surface area contributed by atoms with Gasteiger partial charge in [-0.05, 0) is 19.4 Å². The molecule has 0 fully saturated rings. The van der Waals surface area contributed by atoms with Crippen LogP contribution in [0.5, 0.6) is 5.75 Å². The molecule has 0 unspecified atom stereocenters. The number of aromatic nitrogens is 1. The van der Waals surface area contributed by atoms with Gasteiger partial charge in [-0.15, -0.1) is 0 Å². The summed E-state index contributed by atoms with van der Waals surface area (Å²) in [5.74, 6) is -0.101. The average Bonchev–Trinajstić information content (AvgIpc) is 2.76. The first kappa shape index (κ1) is 15.8. The van der Waals surface area contributed by atoms with E-state index in [1.54, 1.807) is 20.9 Å². The topological polar surface area (TPSA) is 57.5 Å². The van der Waals surface area contributed by atoms with E-state index in [0.29, 0.717) is 29.9 Å². The molecule has 2 aromatic rings. The summed E-state index contributed by atoms with van der Waals surface area (Å²) >= 11 is 0. The average molecular weight is 301 g/mol. The van der Waals surface area contributed by atoms with Gasteiger partial charge in [0.1, 0.15) is 6.61 Å². The smallest absolute Gasteiger partial charge is 0.358 e. The van der Waals surface area contributed by atoms with E-state index < -0.39 is 5.97 Å². The van der Waals surface area contributed by atoms with Crippen LogP contribution in [-0.2, 0) is 18.4 Å². The van der Waals surface area contributed by atoms with Gasteiger partial charge in [0.2, 0.25) is 0 Å². The minimum atomic E-state index is -0.496. The Hall–Kier alpha value is -2.56. The van der Waals surface area contributed by atoms with Gasteiger partial charge in [-0.25, -0.2) is 4.79 Å². The first-order valence-electron chi connectivity index (χ1n) is 7.08. The van der Waals surface area contributed by atoms with Gasteiger partial charge in [0, 0.05) is 12.6 Å². The van der Waals surface area contributed by atoms with Crippen molar-refractivity contribution in [2.75, 3.05) is 6.61 Å². The molecule has 0 N–H and O–H groups in total. The molecule has 0 amide bonds. The molecule has 0 bridgehead atoms. The molecule has 0 atom stereocenters. The van der Waals surface area contributed by atoms with Gasteiger partial charge in [-0.2, -0.15) is 0 Å². The van der Waals surface area contributed by atoms with Gasteiger partial charge >= 0.3 is 5.97 Å². The lowest BCUT2D eigenvalue weighted by Gasteiger charge is -2.09. The van der Waals surface area contributed by atoms with E-state index in [1.807, 2.05) is 30.3 Å². The summed E-state index contributed by atoms with van der Waals surface area (Å²) in [5.41, 5.74) is 2.29. The lowest BCUT2D eigenvalue weighted by atomic mass is 10.2. The number of carbonyl (C=O) groups is 2. The molecular formula is C17H19NO4. The zero-order chi connectivity index (χ0) is 16.1. The summed E-state index contributed by atoms with van der Waals surface area (Å²) in [6.45, 7) is 4.07. The number of ether oxygens (including phenoxy) is 2. The highest BCUT2D eigenvalue weighted by Gasteiger charge is 2.25. The van der Waals surface area contributed by atoms with E-state index >= 15 is 0 Å². The van der Waals surface area contributed by atoms with Gasteiger partial charge in [-0.1, -0.05) is 30.3 Å². The van der Waals surface area contributed by atoms with Crippen LogP contribution in [0.4, 0.5) is 0 Å². The van der Waals surface area contributed by atoms with Crippen LogP contribution < -0.4 is 4.74 Å². The maximum Gasteiger partial charge on any atom is 0.358 e. The zero-order valence-electron chi connectivity index (χ0n) is 13.0. The Morgan fingerprint density at radius 1 is 1.27 bits per heavy atom. The van der Waals surface area contributed by atoms with Gasteiger partial charge in [-0.3, -0.25) is 4.79 Å². The quantitative estimate of drug-likeness (QED) is 0.608. The minimum Gasteiger partial charge on any atom is -0.486 e.